The lowest BCUT2D eigenvalue weighted by molar-refractivity contribution is 0.743. The van der Waals surface area contributed by atoms with Gasteiger partial charge in [-0.3, -0.25) is 0 Å². The smallest absolute Gasteiger partial charge is 0.153 e. The van der Waals surface area contributed by atoms with Crippen LogP contribution in [-0.4, -0.2) is 26.8 Å². The molecule has 1 N–H and O–H groups in total. The summed E-state index contributed by atoms with van der Waals surface area (Å²) < 4.78 is 1.73. The number of unbranched alkanes of at least 4 members (excludes halogenated alkanes) is 2. The first-order valence-electron chi connectivity index (χ1n) is 6.40. The van der Waals surface area contributed by atoms with Crippen LogP contribution in [0.25, 0.3) is 5.69 Å². The standard InChI is InChI=1S/C13H19N5/c1-3-4-5-9-14-12-7-6-8-13(10-12)18-11(2)15-16-17-18/h6-8,10,14H,3-5,9H2,1-2H3. The number of aryl methyl sites for hydroxylation is 1. The van der Waals surface area contributed by atoms with Gasteiger partial charge in [-0.25, -0.2) is 0 Å². The SMILES string of the molecule is CCCCCNc1cccc(-n2nnnc2C)c1. The van der Waals surface area contributed by atoms with Crippen LogP contribution in [0.5, 0.6) is 0 Å². The van der Waals surface area contributed by atoms with Crippen LogP contribution in [0.3, 0.4) is 0 Å². The molecule has 0 aliphatic heterocycles. The molecule has 0 radical (unpaired) electrons. The summed E-state index contributed by atoms with van der Waals surface area (Å²) in [5.74, 6) is 0.790. The van der Waals surface area contributed by atoms with Gasteiger partial charge in [0.2, 0.25) is 0 Å². The first kappa shape index (κ1) is 12.5. The number of tetrazole rings is 1. The van der Waals surface area contributed by atoms with Gasteiger partial charge in [0.1, 0.15) is 0 Å². The molecule has 0 spiro atoms. The Morgan fingerprint density at radius 3 is 2.89 bits per heavy atom. The number of hydrogen-bond donors (Lipinski definition) is 1. The zero-order valence-corrected chi connectivity index (χ0v) is 10.9. The number of hydrogen-bond acceptors (Lipinski definition) is 4. The minimum absolute atomic E-state index is 0.790. The third-order valence-electron chi connectivity index (χ3n) is 2.83. The Morgan fingerprint density at radius 2 is 2.17 bits per heavy atom. The maximum Gasteiger partial charge on any atom is 0.153 e. The molecule has 0 fully saturated rings. The summed E-state index contributed by atoms with van der Waals surface area (Å²) in [6.07, 6.45) is 3.70. The van der Waals surface area contributed by atoms with E-state index in [4.69, 9.17) is 0 Å². The van der Waals surface area contributed by atoms with Crippen molar-refractivity contribution in [2.45, 2.75) is 33.1 Å². The van der Waals surface area contributed by atoms with E-state index in [2.05, 4.69) is 39.9 Å². The van der Waals surface area contributed by atoms with Gasteiger partial charge < -0.3 is 5.32 Å². The Morgan fingerprint density at radius 1 is 1.28 bits per heavy atom. The molecule has 2 aromatic rings. The van der Waals surface area contributed by atoms with Gasteiger partial charge in [0.15, 0.2) is 5.82 Å². The molecule has 0 bridgehead atoms. The molecule has 0 saturated carbocycles. The van der Waals surface area contributed by atoms with E-state index in [0.29, 0.717) is 0 Å². The highest BCUT2D eigenvalue weighted by Crippen LogP contribution is 2.14. The molecule has 0 amide bonds. The molecule has 0 aliphatic rings. The monoisotopic (exact) mass is 245 g/mol. The number of benzene rings is 1. The number of aromatic nitrogens is 4. The summed E-state index contributed by atoms with van der Waals surface area (Å²) in [6.45, 7) is 5.11. The molecule has 96 valence electrons. The Hall–Kier alpha value is -1.91. The summed E-state index contributed by atoms with van der Waals surface area (Å²) in [5, 5.41) is 14.9. The second-order valence-corrected chi connectivity index (χ2v) is 4.32. The Kier molecular flexibility index (Phi) is 4.28. The second kappa shape index (κ2) is 6.14. The van der Waals surface area contributed by atoms with Gasteiger partial charge in [-0.05, 0) is 42.0 Å². The average molecular weight is 245 g/mol. The van der Waals surface area contributed by atoms with E-state index in [1.807, 2.05) is 19.1 Å². The molecule has 1 aromatic carbocycles. The minimum atomic E-state index is 0.790. The molecule has 5 nitrogen and oxygen atoms in total. The molecule has 2 rings (SSSR count). The third-order valence-corrected chi connectivity index (χ3v) is 2.83. The third kappa shape index (κ3) is 3.06. The molecule has 1 aromatic heterocycles. The van der Waals surface area contributed by atoms with Crippen molar-refractivity contribution in [3.63, 3.8) is 0 Å². The van der Waals surface area contributed by atoms with Gasteiger partial charge in [-0.1, -0.05) is 25.8 Å². The minimum Gasteiger partial charge on any atom is -0.385 e. The molecule has 0 unspecified atom stereocenters. The highest BCUT2D eigenvalue weighted by Gasteiger charge is 2.03. The lowest BCUT2D eigenvalue weighted by Gasteiger charge is -2.08. The van der Waals surface area contributed by atoms with Gasteiger partial charge in [0, 0.05) is 12.2 Å². The summed E-state index contributed by atoms with van der Waals surface area (Å²) in [6, 6.07) is 8.14. The van der Waals surface area contributed by atoms with Crippen molar-refractivity contribution in [3.8, 4) is 5.69 Å². The predicted octanol–water partition coefficient (Wildman–Crippen LogP) is 2.57. The molecule has 1 heterocycles. The fourth-order valence-corrected chi connectivity index (χ4v) is 1.83. The number of anilines is 1. The molecular formula is C13H19N5. The van der Waals surface area contributed by atoms with Crippen molar-refractivity contribution in [2.24, 2.45) is 0 Å². The van der Waals surface area contributed by atoms with Crippen LogP contribution >= 0.6 is 0 Å². The summed E-state index contributed by atoms with van der Waals surface area (Å²) in [7, 11) is 0. The van der Waals surface area contributed by atoms with Crippen molar-refractivity contribution in [2.75, 3.05) is 11.9 Å². The first-order chi connectivity index (χ1) is 8.81. The Labute approximate surface area is 107 Å². The van der Waals surface area contributed by atoms with Crippen LogP contribution in [0.1, 0.15) is 32.0 Å². The van der Waals surface area contributed by atoms with E-state index in [-0.39, 0.29) is 0 Å². The van der Waals surface area contributed by atoms with E-state index < -0.39 is 0 Å². The van der Waals surface area contributed by atoms with Crippen LogP contribution in [0.2, 0.25) is 0 Å². The number of rotatable bonds is 6. The van der Waals surface area contributed by atoms with E-state index >= 15 is 0 Å². The summed E-state index contributed by atoms with van der Waals surface area (Å²) in [4.78, 5) is 0. The fourth-order valence-electron chi connectivity index (χ4n) is 1.83. The van der Waals surface area contributed by atoms with E-state index in [1.165, 1.54) is 19.3 Å². The van der Waals surface area contributed by atoms with Crippen LogP contribution in [0.15, 0.2) is 24.3 Å². The van der Waals surface area contributed by atoms with Gasteiger partial charge >= 0.3 is 0 Å². The highest BCUT2D eigenvalue weighted by atomic mass is 15.5. The maximum absolute atomic E-state index is 3.96. The van der Waals surface area contributed by atoms with E-state index in [1.54, 1.807) is 4.68 Å². The lowest BCUT2D eigenvalue weighted by Crippen LogP contribution is -2.03. The largest absolute Gasteiger partial charge is 0.385 e. The van der Waals surface area contributed by atoms with Crippen molar-refractivity contribution >= 4 is 5.69 Å². The normalized spacial score (nSPS) is 10.6. The van der Waals surface area contributed by atoms with Crippen molar-refractivity contribution in [1.82, 2.24) is 20.2 Å². The molecule has 18 heavy (non-hydrogen) atoms. The highest BCUT2D eigenvalue weighted by molar-refractivity contribution is 5.50. The topological polar surface area (TPSA) is 55.6 Å². The van der Waals surface area contributed by atoms with Gasteiger partial charge in [0.25, 0.3) is 0 Å². The van der Waals surface area contributed by atoms with Gasteiger partial charge in [0.05, 0.1) is 5.69 Å². The quantitative estimate of drug-likeness (QED) is 0.795. The van der Waals surface area contributed by atoms with Crippen LogP contribution in [-0.2, 0) is 0 Å². The number of nitrogens with zero attached hydrogens (tertiary/aromatic N) is 4. The zero-order chi connectivity index (χ0) is 12.8. The van der Waals surface area contributed by atoms with E-state index in [0.717, 1.165) is 23.7 Å². The Bertz CT molecular complexity index is 492. The first-order valence-corrected chi connectivity index (χ1v) is 6.40. The lowest BCUT2D eigenvalue weighted by atomic mass is 10.2. The van der Waals surface area contributed by atoms with Gasteiger partial charge in [-0.15, -0.1) is 5.10 Å². The molecular weight excluding hydrogens is 226 g/mol. The molecule has 0 atom stereocenters. The second-order valence-electron chi connectivity index (χ2n) is 4.32. The van der Waals surface area contributed by atoms with Crippen LogP contribution in [0, 0.1) is 6.92 Å². The average Bonchev–Trinajstić information content (AvgIpc) is 2.81. The molecule has 0 saturated heterocycles. The van der Waals surface area contributed by atoms with Crippen LogP contribution < -0.4 is 5.32 Å². The van der Waals surface area contributed by atoms with Crippen molar-refractivity contribution in [1.29, 1.82) is 0 Å². The Balaban J connectivity index is 2.04. The fraction of sp³-hybridized carbons (Fsp3) is 0.462. The summed E-state index contributed by atoms with van der Waals surface area (Å²) in [5.41, 5.74) is 2.09. The molecule has 5 heteroatoms. The number of nitrogens with one attached hydrogen (secondary N) is 1. The maximum atomic E-state index is 3.96. The van der Waals surface area contributed by atoms with E-state index in [9.17, 15) is 0 Å². The van der Waals surface area contributed by atoms with Crippen molar-refractivity contribution in [3.05, 3.63) is 30.1 Å². The predicted molar refractivity (Wildman–Crippen MR) is 71.9 cm³/mol. The summed E-state index contributed by atoms with van der Waals surface area (Å²) >= 11 is 0. The van der Waals surface area contributed by atoms with Crippen molar-refractivity contribution < 1.29 is 0 Å². The van der Waals surface area contributed by atoms with Gasteiger partial charge in [-0.2, -0.15) is 4.68 Å². The molecule has 0 aliphatic carbocycles. The zero-order valence-electron chi connectivity index (χ0n) is 10.9. The van der Waals surface area contributed by atoms with Crippen LogP contribution in [0.4, 0.5) is 5.69 Å².